The molecule has 0 aliphatic heterocycles. The summed E-state index contributed by atoms with van der Waals surface area (Å²) in [7, 11) is 1.90. The molecule has 0 bridgehead atoms. The molecule has 0 saturated carbocycles. The molecule has 1 heterocycles. The van der Waals surface area contributed by atoms with E-state index in [0.717, 1.165) is 11.4 Å². The second kappa shape index (κ2) is 6.52. The van der Waals surface area contributed by atoms with Gasteiger partial charge in [-0.05, 0) is 33.8 Å². The minimum Gasteiger partial charge on any atom is -0.459 e. The predicted octanol–water partition coefficient (Wildman–Crippen LogP) is 3.22. The van der Waals surface area contributed by atoms with E-state index in [4.69, 9.17) is 4.74 Å². The van der Waals surface area contributed by atoms with Crippen LogP contribution < -0.4 is 0 Å². The lowest BCUT2D eigenvalue weighted by Gasteiger charge is -2.19. The third kappa shape index (κ3) is 4.34. The Balaban J connectivity index is 2.07. The molecule has 6 heteroatoms. The summed E-state index contributed by atoms with van der Waals surface area (Å²) in [5.41, 5.74) is 1.71. The highest BCUT2D eigenvalue weighted by atomic mass is 32.2. The average Bonchev–Trinajstić information content (AvgIpc) is 2.76. The molecule has 0 radical (unpaired) electrons. The van der Waals surface area contributed by atoms with Gasteiger partial charge in [-0.1, -0.05) is 35.5 Å². The molecule has 0 atom stereocenters. The molecule has 0 aliphatic carbocycles. The fourth-order valence-corrected chi connectivity index (χ4v) is 2.66. The van der Waals surface area contributed by atoms with Crippen molar-refractivity contribution in [1.29, 1.82) is 0 Å². The molecule has 1 aromatic heterocycles. The number of carbonyl (C=O) groups is 1. The van der Waals surface area contributed by atoms with E-state index in [9.17, 15) is 4.79 Å². The van der Waals surface area contributed by atoms with Crippen LogP contribution in [0.15, 0.2) is 29.4 Å². The van der Waals surface area contributed by atoms with Crippen molar-refractivity contribution < 1.29 is 9.53 Å². The van der Waals surface area contributed by atoms with Gasteiger partial charge < -0.3 is 9.30 Å². The molecule has 22 heavy (non-hydrogen) atoms. The minimum absolute atomic E-state index is 0.219. The molecule has 0 fully saturated rings. The maximum absolute atomic E-state index is 11.8. The van der Waals surface area contributed by atoms with Crippen molar-refractivity contribution in [2.24, 2.45) is 7.05 Å². The second-order valence-corrected chi connectivity index (χ2v) is 7.05. The third-order valence-electron chi connectivity index (χ3n) is 2.85. The maximum atomic E-state index is 11.8. The lowest BCUT2D eigenvalue weighted by atomic mass is 10.1. The normalized spacial score (nSPS) is 11.5. The van der Waals surface area contributed by atoms with Crippen molar-refractivity contribution in [3.8, 4) is 11.4 Å². The van der Waals surface area contributed by atoms with Gasteiger partial charge in [-0.3, -0.25) is 4.79 Å². The summed E-state index contributed by atoms with van der Waals surface area (Å²) in [6.45, 7) is 7.60. The highest BCUT2D eigenvalue weighted by Gasteiger charge is 2.18. The summed E-state index contributed by atoms with van der Waals surface area (Å²) in [6, 6.07) is 8.09. The van der Waals surface area contributed by atoms with Gasteiger partial charge in [0.05, 0.1) is 5.75 Å². The van der Waals surface area contributed by atoms with Crippen LogP contribution in [0.2, 0.25) is 0 Å². The van der Waals surface area contributed by atoms with Gasteiger partial charge in [0.25, 0.3) is 0 Å². The molecule has 2 rings (SSSR count). The Bertz CT molecular complexity index is 674. The number of esters is 1. The first-order chi connectivity index (χ1) is 10.3. The van der Waals surface area contributed by atoms with Crippen LogP contribution in [0.4, 0.5) is 0 Å². The molecule has 0 aliphatic rings. The minimum atomic E-state index is -0.468. The molecule has 0 N–H and O–H groups in total. The van der Waals surface area contributed by atoms with Crippen molar-refractivity contribution in [3.63, 3.8) is 0 Å². The fourth-order valence-electron chi connectivity index (χ4n) is 1.97. The van der Waals surface area contributed by atoms with Crippen LogP contribution in [0, 0.1) is 6.92 Å². The quantitative estimate of drug-likeness (QED) is 0.640. The van der Waals surface area contributed by atoms with Gasteiger partial charge in [-0.15, -0.1) is 10.2 Å². The molecular formula is C16H21N3O2S. The summed E-state index contributed by atoms with van der Waals surface area (Å²) in [6.07, 6.45) is 0. The van der Waals surface area contributed by atoms with E-state index in [1.165, 1.54) is 17.3 Å². The van der Waals surface area contributed by atoms with Crippen LogP contribution >= 0.6 is 11.8 Å². The fraction of sp³-hybridized carbons (Fsp3) is 0.438. The molecule has 0 amide bonds. The average molecular weight is 319 g/mol. The summed E-state index contributed by atoms with van der Waals surface area (Å²) in [5, 5.41) is 9.07. The lowest BCUT2D eigenvalue weighted by Crippen LogP contribution is -2.25. The Hall–Kier alpha value is -1.82. The van der Waals surface area contributed by atoms with Crippen LogP contribution in [-0.4, -0.2) is 32.1 Å². The Morgan fingerprint density at radius 2 is 2.05 bits per heavy atom. The Labute approximate surface area is 135 Å². The molecule has 5 nitrogen and oxygen atoms in total. The molecule has 2 aromatic rings. The SMILES string of the molecule is Cc1cccc(-c2nnc(SCC(=O)OC(C)(C)C)n2C)c1. The van der Waals surface area contributed by atoms with Crippen molar-refractivity contribution >= 4 is 17.7 Å². The number of ether oxygens (including phenoxy) is 1. The lowest BCUT2D eigenvalue weighted by molar-refractivity contribution is -0.151. The second-order valence-electron chi connectivity index (χ2n) is 6.11. The van der Waals surface area contributed by atoms with Crippen LogP contribution in [0.1, 0.15) is 26.3 Å². The smallest absolute Gasteiger partial charge is 0.316 e. The highest BCUT2D eigenvalue weighted by Crippen LogP contribution is 2.23. The molecule has 0 unspecified atom stereocenters. The number of nitrogens with zero attached hydrogens (tertiary/aromatic N) is 3. The molecular weight excluding hydrogens is 298 g/mol. The summed E-state index contributed by atoms with van der Waals surface area (Å²) in [4.78, 5) is 11.8. The number of thioether (sulfide) groups is 1. The monoisotopic (exact) mass is 319 g/mol. The zero-order chi connectivity index (χ0) is 16.3. The van der Waals surface area contributed by atoms with Crippen LogP contribution in [0.3, 0.4) is 0 Å². The Morgan fingerprint density at radius 1 is 1.32 bits per heavy atom. The van der Waals surface area contributed by atoms with E-state index in [0.29, 0.717) is 5.16 Å². The Morgan fingerprint density at radius 3 is 2.68 bits per heavy atom. The van der Waals surface area contributed by atoms with E-state index in [2.05, 4.69) is 16.3 Å². The standard InChI is InChI=1S/C16H21N3O2S/c1-11-7-6-8-12(9-11)14-17-18-15(19(14)5)22-10-13(20)21-16(2,3)4/h6-9H,10H2,1-5H3. The maximum Gasteiger partial charge on any atom is 0.316 e. The molecule has 118 valence electrons. The number of hydrogen-bond donors (Lipinski definition) is 0. The number of benzene rings is 1. The third-order valence-corrected chi connectivity index (χ3v) is 3.84. The first-order valence-corrected chi connectivity index (χ1v) is 8.06. The van der Waals surface area contributed by atoms with Gasteiger partial charge in [0.15, 0.2) is 11.0 Å². The number of hydrogen-bond acceptors (Lipinski definition) is 5. The van der Waals surface area contributed by atoms with E-state index < -0.39 is 5.60 Å². The molecule has 1 aromatic carbocycles. The number of rotatable bonds is 4. The van der Waals surface area contributed by atoms with Crippen LogP contribution in [0.25, 0.3) is 11.4 Å². The van der Waals surface area contributed by atoms with E-state index in [1.54, 1.807) is 0 Å². The number of aromatic nitrogens is 3. The zero-order valence-corrected chi connectivity index (χ0v) is 14.4. The molecule has 0 saturated heterocycles. The largest absolute Gasteiger partial charge is 0.459 e. The summed E-state index contributed by atoms with van der Waals surface area (Å²) < 4.78 is 7.18. The van der Waals surface area contributed by atoms with Gasteiger partial charge >= 0.3 is 5.97 Å². The number of aryl methyl sites for hydroxylation is 1. The van der Waals surface area contributed by atoms with Gasteiger partial charge in [-0.25, -0.2) is 0 Å². The van der Waals surface area contributed by atoms with Crippen LogP contribution in [-0.2, 0) is 16.6 Å². The molecule has 0 spiro atoms. The van der Waals surface area contributed by atoms with E-state index in [-0.39, 0.29) is 11.7 Å². The van der Waals surface area contributed by atoms with Crippen molar-refractivity contribution in [2.75, 3.05) is 5.75 Å². The van der Waals surface area contributed by atoms with E-state index >= 15 is 0 Å². The van der Waals surface area contributed by atoms with Crippen molar-refractivity contribution in [1.82, 2.24) is 14.8 Å². The van der Waals surface area contributed by atoms with Gasteiger partial charge in [0, 0.05) is 12.6 Å². The van der Waals surface area contributed by atoms with Crippen molar-refractivity contribution in [2.45, 2.75) is 38.5 Å². The first-order valence-electron chi connectivity index (χ1n) is 7.07. The van der Waals surface area contributed by atoms with Crippen LogP contribution in [0.5, 0.6) is 0 Å². The topological polar surface area (TPSA) is 57.0 Å². The van der Waals surface area contributed by atoms with E-state index in [1.807, 2.05) is 57.5 Å². The summed E-state index contributed by atoms with van der Waals surface area (Å²) in [5.74, 6) is 0.754. The van der Waals surface area contributed by atoms with Gasteiger partial charge in [0.1, 0.15) is 5.60 Å². The first kappa shape index (κ1) is 16.5. The Kier molecular flexibility index (Phi) is 4.90. The predicted molar refractivity (Wildman–Crippen MR) is 87.7 cm³/mol. The van der Waals surface area contributed by atoms with Gasteiger partial charge in [-0.2, -0.15) is 0 Å². The zero-order valence-electron chi connectivity index (χ0n) is 13.6. The highest BCUT2D eigenvalue weighted by molar-refractivity contribution is 7.99. The van der Waals surface area contributed by atoms with Gasteiger partial charge in [0.2, 0.25) is 0 Å². The summed E-state index contributed by atoms with van der Waals surface area (Å²) >= 11 is 1.33. The van der Waals surface area contributed by atoms with Crippen molar-refractivity contribution in [3.05, 3.63) is 29.8 Å². The number of carbonyl (C=O) groups excluding carboxylic acids is 1.